The normalized spacial score (nSPS) is 12.6. The van der Waals surface area contributed by atoms with Crippen LogP contribution in [0.15, 0.2) is 35.4 Å². The predicted octanol–water partition coefficient (Wildman–Crippen LogP) is 2.31. The molecule has 1 N–H and O–H groups in total. The Labute approximate surface area is 139 Å². The molecule has 3 heterocycles. The Morgan fingerprint density at radius 2 is 1.92 bits per heavy atom. The first-order valence-corrected chi connectivity index (χ1v) is 8.64. The molecule has 0 aliphatic carbocycles. The van der Waals surface area contributed by atoms with E-state index in [-0.39, 0.29) is 27.7 Å². The van der Waals surface area contributed by atoms with E-state index in [9.17, 15) is 26.7 Å². The van der Waals surface area contributed by atoms with E-state index < -0.39 is 27.6 Å². The lowest BCUT2D eigenvalue weighted by molar-refractivity contribution is -0.141. The van der Waals surface area contributed by atoms with Gasteiger partial charge < -0.3 is 5.11 Å². The van der Waals surface area contributed by atoms with Crippen molar-refractivity contribution in [2.75, 3.05) is 5.75 Å². The van der Waals surface area contributed by atoms with E-state index in [4.69, 9.17) is 0 Å². The summed E-state index contributed by atoms with van der Waals surface area (Å²) < 4.78 is 63.5. The monoisotopic (exact) mass is 372 g/mol. The summed E-state index contributed by atoms with van der Waals surface area (Å²) in [6.45, 7) is 1.44. The molecule has 7 nitrogen and oxygen atoms in total. The van der Waals surface area contributed by atoms with Crippen LogP contribution in [0.5, 0.6) is 5.88 Å². The smallest absolute Gasteiger partial charge is 0.435 e. The van der Waals surface area contributed by atoms with Gasteiger partial charge in [-0.1, -0.05) is 6.92 Å². The molecule has 11 heteroatoms. The van der Waals surface area contributed by atoms with Crippen molar-refractivity contribution in [2.45, 2.75) is 18.0 Å². The highest BCUT2D eigenvalue weighted by Crippen LogP contribution is 2.30. The van der Waals surface area contributed by atoms with Gasteiger partial charge in [-0.2, -0.15) is 18.3 Å². The molecule has 0 saturated carbocycles. The summed E-state index contributed by atoms with van der Waals surface area (Å²) >= 11 is 0. The lowest BCUT2D eigenvalue weighted by atomic mass is 10.2. The zero-order valence-electron chi connectivity index (χ0n) is 12.7. The minimum atomic E-state index is -4.63. The van der Waals surface area contributed by atoms with Crippen molar-refractivity contribution < 1.29 is 26.7 Å². The van der Waals surface area contributed by atoms with E-state index in [2.05, 4.69) is 15.1 Å². The second kappa shape index (κ2) is 5.69. The van der Waals surface area contributed by atoms with E-state index >= 15 is 0 Å². The maximum absolute atomic E-state index is 12.7. The van der Waals surface area contributed by atoms with Crippen LogP contribution in [0.3, 0.4) is 0 Å². The number of aromatic hydroxyl groups is 1. The van der Waals surface area contributed by atoms with Gasteiger partial charge in [0.2, 0.25) is 5.88 Å². The number of sulfone groups is 1. The third kappa shape index (κ3) is 3.14. The molecule has 0 aliphatic heterocycles. The summed E-state index contributed by atoms with van der Waals surface area (Å²) in [5, 5.41) is 12.9. The van der Waals surface area contributed by atoms with E-state index in [0.29, 0.717) is 0 Å². The number of pyridine rings is 1. The maximum atomic E-state index is 12.7. The highest BCUT2D eigenvalue weighted by molar-refractivity contribution is 7.91. The van der Waals surface area contributed by atoms with Crippen LogP contribution in [0.25, 0.3) is 17.0 Å². The Morgan fingerprint density at radius 3 is 2.56 bits per heavy atom. The number of nitrogens with zero attached hydrogens (tertiary/aromatic N) is 4. The molecule has 0 aliphatic rings. The Bertz CT molecular complexity index is 1060. The molecule has 0 spiro atoms. The van der Waals surface area contributed by atoms with Crippen LogP contribution >= 0.6 is 0 Å². The van der Waals surface area contributed by atoms with E-state index in [1.165, 1.54) is 25.3 Å². The van der Waals surface area contributed by atoms with Crippen molar-refractivity contribution in [3.63, 3.8) is 0 Å². The van der Waals surface area contributed by atoms with Crippen molar-refractivity contribution in [1.82, 2.24) is 19.6 Å². The Hall–Kier alpha value is -2.69. The number of alkyl halides is 3. The SMILES string of the molecule is CCS(=O)(=O)c1ccc(O)nc1-c1ccn2nc(C(F)(F)F)cc2n1. The number of fused-ring (bicyclic) bond motifs is 1. The third-order valence-electron chi connectivity index (χ3n) is 3.42. The van der Waals surface area contributed by atoms with E-state index in [1.807, 2.05) is 0 Å². The summed E-state index contributed by atoms with van der Waals surface area (Å²) in [5.41, 5.74) is -1.39. The lowest BCUT2D eigenvalue weighted by Crippen LogP contribution is -2.07. The summed E-state index contributed by atoms with van der Waals surface area (Å²) in [5.74, 6) is -0.643. The van der Waals surface area contributed by atoms with E-state index in [1.54, 1.807) is 0 Å². The van der Waals surface area contributed by atoms with Gasteiger partial charge in [-0.05, 0) is 12.1 Å². The topological polar surface area (TPSA) is 97.5 Å². The molecule has 3 aromatic rings. The van der Waals surface area contributed by atoms with Crippen LogP contribution < -0.4 is 0 Å². The molecule has 0 unspecified atom stereocenters. The minimum Gasteiger partial charge on any atom is -0.493 e. The fraction of sp³-hybridized carbons (Fsp3) is 0.214. The van der Waals surface area contributed by atoms with Gasteiger partial charge in [0.05, 0.1) is 16.3 Å². The van der Waals surface area contributed by atoms with Gasteiger partial charge in [-0.25, -0.2) is 22.9 Å². The maximum Gasteiger partial charge on any atom is 0.435 e. The Kier molecular flexibility index (Phi) is 3.90. The van der Waals surface area contributed by atoms with Crippen molar-refractivity contribution in [3.8, 4) is 17.3 Å². The average Bonchev–Trinajstić information content (AvgIpc) is 2.98. The molecule has 3 aromatic heterocycles. The highest BCUT2D eigenvalue weighted by atomic mass is 32.2. The fourth-order valence-corrected chi connectivity index (χ4v) is 3.21. The van der Waals surface area contributed by atoms with Gasteiger partial charge in [0.25, 0.3) is 0 Å². The second-order valence-corrected chi connectivity index (χ2v) is 7.31. The van der Waals surface area contributed by atoms with Gasteiger partial charge in [-0.3, -0.25) is 0 Å². The van der Waals surface area contributed by atoms with Gasteiger partial charge >= 0.3 is 6.18 Å². The van der Waals surface area contributed by atoms with Crippen molar-refractivity contribution in [2.24, 2.45) is 0 Å². The van der Waals surface area contributed by atoms with Gasteiger partial charge in [0.15, 0.2) is 21.2 Å². The van der Waals surface area contributed by atoms with Crippen molar-refractivity contribution in [1.29, 1.82) is 0 Å². The summed E-state index contributed by atoms with van der Waals surface area (Å²) in [7, 11) is -3.68. The van der Waals surface area contributed by atoms with Gasteiger partial charge in [0.1, 0.15) is 5.69 Å². The number of rotatable bonds is 3. The standard InChI is InChI=1S/C14H11F3N4O3S/c1-2-25(23,24)9-3-4-12(22)19-13(9)8-5-6-21-11(18-8)7-10(20-21)14(15,16)17/h3-7H,2H2,1H3,(H,19,22). The lowest BCUT2D eigenvalue weighted by Gasteiger charge is -2.08. The fourth-order valence-electron chi connectivity index (χ4n) is 2.18. The second-order valence-electron chi connectivity index (χ2n) is 5.06. The molecular formula is C14H11F3N4O3S. The van der Waals surface area contributed by atoms with Gasteiger partial charge in [0, 0.05) is 18.3 Å². The van der Waals surface area contributed by atoms with Crippen LogP contribution in [0.2, 0.25) is 0 Å². The molecule has 0 radical (unpaired) electrons. The van der Waals surface area contributed by atoms with Crippen LogP contribution in [0.1, 0.15) is 12.6 Å². The number of hydrogen-bond acceptors (Lipinski definition) is 6. The molecule has 3 rings (SSSR count). The molecule has 132 valence electrons. The Balaban J connectivity index is 2.22. The minimum absolute atomic E-state index is 0.00375. The molecule has 0 aromatic carbocycles. The zero-order valence-corrected chi connectivity index (χ0v) is 13.5. The first-order valence-electron chi connectivity index (χ1n) is 6.98. The largest absolute Gasteiger partial charge is 0.493 e. The molecule has 0 saturated heterocycles. The highest BCUT2D eigenvalue weighted by Gasteiger charge is 2.34. The predicted molar refractivity (Wildman–Crippen MR) is 80.6 cm³/mol. The van der Waals surface area contributed by atoms with E-state index in [0.717, 1.165) is 16.6 Å². The third-order valence-corrected chi connectivity index (χ3v) is 5.18. The quantitative estimate of drug-likeness (QED) is 0.758. The first kappa shape index (κ1) is 17.1. The first-order chi connectivity index (χ1) is 11.6. The van der Waals surface area contributed by atoms with Gasteiger partial charge in [-0.15, -0.1) is 0 Å². The molecular weight excluding hydrogens is 361 g/mol. The van der Waals surface area contributed by atoms with Crippen LogP contribution in [-0.2, 0) is 16.0 Å². The number of halogens is 3. The van der Waals surface area contributed by atoms with Crippen LogP contribution in [0.4, 0.5) is 13.2 Å². The molecule has 0 amide bonds. The van der Waals surface area contributed by atoms with Crippen LogP contribution in [-0.4, -0.2) is 38.9 Å². The average molecular weight is 372 g/mol. The molecule has 0 bridgehead atoms. The number of aromatic nitrogens is 4. The van der Waals surface area contributed by atoms with Crippen molar-refractivity contribution in [3.05, 3.63) is 36.2 Å². The summed E-state index contributed by atoms with van der Waals surface area (Å²) in [6.07, 6.45) is -3.42. The summed E-state index contributed by atoms with van der Waals surface area (Å²) in [6, 6.07) is 4.31. The molecule has 0 fully saturated rings. The van der Waals surface area contributed by atoms with Crippen LogP contribution in [0, 0.1) is 0 Å². The molecule has 0 atom stereocenters. The molecule has 25 heavy (non-hydrogen) atoms. The Morgan fingerprint density at radius 1 is 1.20 bits per heavy atom. The summed E-state index contributed by atoms with van der Waals surface area (Å²) in [4.78, 5) is 7.61. The zero-order chi connectivity index (χ0) is 18.4. The van der Waals surface area contributed by atoms with Crippen molar-refractivity contribution >= 4 is 15.5 Å². The number of hydrogen-bond donors (Lipinski definition) is 1.